The van der Waals surface area contributed by atoms with Crippen molar-refractivity contribution in [3.8, 4) is 17.2 Å². The standard InChI is InChI=1S/C38H45Cl2F2N3O11S/c1-38(2,3)56-35(46)22-45(57(49)50)19-27-16-26(7-8-31(27)52-15-12-43-10-13-51-14-11-43)36(47)54-33(18-28-29(39)20-44(48)21-30(28)40)25-6-9-32(55-37(41)42)34(17-25)53-23-24-4-5-24/h6-9,16-17,20-21,24,33,37,57H,4-5,10-15,18-19,22-23H2,1-3H3/t33-/m0/s1. The molecule has 3 aromatic rings. The molecule has 14 nitrogen and oxygen atoms in total. The molecular weight excluding hydrogens is 815 g/mol. The molecule has 2 fully saturated rings. The lowest BCUT2D eigenvalue weighted by atomic mass is 10.0. The highest BCUT2D eigenvalue weighted by atomic mass is 35.5. The molecule has 19 heteroatoms. The predicted octanol–water partition coefficient (Wildman–Crippen LogP) is 5.54. The molecule has 1 aromatic heterocycles. The number of halogens is 4. The van der Waals surface area contributed by atoms with E-state index in [4.69, 9.17) is 51.6 Å². The topological polar surface area (TPSA) is 157 Å². The van der Waals surface area contributed by atoms with Crippen molar-refractivity contribution in [3.63, 3.8) is 0 Å². The fraction of sp³-hybridized carbons (Fsp3) is 0.500. The van der Waals surface area contributed by atoms with E-state index in [1.54, 1.807) is 20.8 Å². The van der Waals surface area contributed by atoms with Gasteiger partial charge < -0.3 is 33.6 Å². The lowest BCUT2D eigenvalue weighted by molar-refractivity contribution is -0.605. The summed E-state index contributed by atoms with van der Waals surface area (Å²) in [5.41, 5.74) is -0.0607. The van der Waals surface area contributed by atoms with E-state index >= 15 is 0 Å². The monoisotopic (exact) mass is 859 g/mol. The SMILES string of the molecule is CC(C)(C)OC(=O)CN(Cc1cc(C(=O)O[C@@H](Cc2c(Cl)c[n+]([O-])cc2Cl)c2ccc(OC(F)F)c(OCC3CC3)c2)ccc1OCCN1CCOCC1)[SH](=O)=O. The van der Waals surface area contributed by atoms with E-state index in [2.05, 4.69) is 4.90 Å². The Morgan fingerprint density at radius 3 is 2.33 bits per heavy atom. The van der Waals surface area contributed by atoms with Gasteiger partial charge in [0, 0.05) is 43.7 Å². The van der Waals surface area contributed by atoms with Crippen LogP contribution in [0.15, 0.2) is 48.8 Å². The van der Waals surface area contributed by atoms with Gasteiger partial charge >= 0.3 is 18.6 Å². The fourth-order valence-corrected chi connectivity index (χ4v) is 6.93. The summed E-state index contributed by atoms with van der Waals surface area (Å²) >= 11 is 12.8. The molecule has 1 saturated heterocycles. The minimum Gasteiger partial charge on any atom is -0.619 e. The van der Waals surface area contributed by atoms with Crippen LogP contribution in [0, 0.1) is 11.1 Å². The highest BCUT2D eigenvalue weighted by Gasteiger charge is 2.28. The van der Waals surface area contributed by atoms with E-state index < -0.39 is 47.7 Å². The first-order valence-corrected chi connectivity index (χ1v) is 20.1. The van der Waals surface area contributed by atoms with Crippen molar-refractivity contribution in [1.29, 1.82) is 0 Å². The first-order chi connectivity index (χ1) is 27.0. The zero-order valence-corrected chi connectivity index (χ0v) is 34.0. The Labute approximate surface area is 341 Å². The Morgan fingerprint density at radius 1 is 1.02 bits per heavy atom. The van der Waals surface area contributed by atoms with Crippen LogP contribution in [0.4, 0.5) is 8.78 Å². The third kappa shape index (κ3) is 13.8. The van der Waals surface area contributed by atoms with E-state index in [1.165, 1.54) is 36.4 Å². The van der Waals surface area contributed by atoms with Gasteiger partial charge in [0.2, 0.25) is 10.9 Å². The molecule has 1 saturated carbocycles. The molecule has 0 bridgehead atoms. The average Bonchev–Trinajstić information content (AvgIpc) is 3.96. The number of aromatic nitrogens is 1. The summed E-state index contributed by atoms with van der Waals surface area (Å²) in [6.07, 6.45) is 2.70. The number of hydrogen-bond donors (Lipinski definition) is 1. The van der Waals surface area contributed by atoms with Gasteiger partial charge in [0.05, 0.1) is 25.4 Å². The highest BCUT2D eigenvalue weighted by Crippen LogP contribution is 2.38. The predicted molar refractivity (Wildman–Crippen MR) is 204 cm³/mol. The molecule has 2 heterocycles. The summed E-state index contributed by atoms with van der Waals surface area (Å²) in [5, 5.41) is 12.0. The van der Waals surface area contributed by atoms with Gasteiger partial charge in [0.25, 0.3) is 0 Å². The fourth-order valence-electron chi connectivity index (χ4n) is 5.83. The number of ether oxygens (including phenoxy) is 6. The Hall–Kier alpha value is -4.00. The number of esters is 2. The largest absolute Gasteiger partial charge is 0.619 e. The van der Waals surface area contributed by atoms with Crippen molar-refractivity contribution in [2.75, 3.05) is 52.6 Å². The number of morpholine rings is 1. The van der Waals surface area contributed by atoms with Crippen LogP contribution in [-0.2, 0) is 42.9 Å². The maximum Gasteiger partial charge on any atom is 0.387 e. The average molecular weight is 861 g/mol. The molecule has 2 aliphatic rings. The molecule has 1 atom stereocenters. The van der Waals surface area contributed by atoms with Crippen LogP contribution in [-0.4, -0.2) is 94.4 Å². The molecule has 0 radical (unpaired) electrons. The van der Waals surface area contributed by atoms with Gasteiger partial charge in [-0.15, -0.1) is 0 Å². The van der Waals surface area contributed by atoms with Crippen LogP contribution in [0.2, 0.25) is 10.0 Å². The molecule has 0 N–H and O–H groups in total. The molecule has 57 heavy (non-hydrogen) atoms. The molecule has 312 valence electrons. The number of pyridine rings is 1. The van der Waals surface area contributed by atoms with Gasteiger partial charge in [-0.1, -0.05) is 29.3 Å². The van der Waals surface area contributed by atoms with Crippen LogP contribution in [0.5, 0.6) is 17.2 Å². The van der Waals surface area contributed by atoms with Crippen molar-refractivity contribution in [2.24, 2.45) is 5.92 Å². The minimum atomic E-state index is -3.30. The van der Waals surface area contributed by atoms with Gasteiger partial charge in [-0.3, -0.25) is 9.69 Å². The smallest absolute Gasteiger partial charge is 0.387 e. The molecule has 2 aromatic carbocycles. The molecule has 1 aliphatic carbocycles. The second kappa shape index (κ2) is 20.1. The summed E-state index contributed by atoms with van der Waals surface area (Å²) in [5.74, 6) is -1.33. The van der Waals surface area contributed by atoms with E-state index in [-0.39, 0.29) is 76.1 Å². The number of carbonyl (C=O) groups is 2. The summed E-state index contributed by atoms with van der Waals surface area (Å²) in [4.78, 5) is 28.9. The minimum absolute atomic E-state index is 0.000995. The summed E-state index contributed by atoms with van der Waals surface area (Å²) in [7, 11) is -3.30. The third-order valence-corrected chi connectivity index (χ3v) is 10.2. The summed E-state index contributed by atoms with van der Waals surface area (Å²) < 4.78 is 86.2. The number of hydrogen-bond acceptors (Lipinski definition) is 12. The Morgan fingerprint density at radius 2 is 1.70 bits per heavy atom. The van der Waals surface area contributed by atoms with Crippen molar-refractivity contribution in [3.05, 3.63) is 86.3 Å². The van der Waals surface area contributed by atoms with E-state index in [0.717, 1.165) is 42.6 Å². The number of rotatable bonds is 19. The lowest BCUT2D eigenvalue weighted by Crippen LogP contribution is -2.38. The molecule has 0 amide bonds. The van der Waals surface area contributed by atoms with Crippen LogP contribution >= 0.6 is 23.2 Å². The number of alkyl halides is 2. The van der Waals surface area contributed by atoms with Crippen LogP contribution in [0.25, 0.3) is 0 Å². The summed E-state index contributed by atoms with van der Waals surface area (Å²) in [6, 6.07) is 8.46. The van der Waals surface area contributed by atoms with Crippen LogP contribution < -0.4 is 18.9 Å². The normalized spacial score (nSPS) is 15.5. The Bertz CT molecular complexity index is 1930. The molecule has 1 aliphatic heterocycles. The maximum absolute atomic E-state index is 14.0. The number of nitrogens with zero attached hydrogens (tertiary/aromatic N) is 3. The second-order valence-electron chi connectivity index (χ2n) is 14.5. The lowest BCUT2D eigenvalue weighted by Gasteiger charge is -2.26. The zero-order valence-electron chi connectivity index (χ0n) is 31.6. The van der Waals surface area contributed by atoms with Gasteiger partial charge in [-0.2, -0.15) is 17.8 Å². The molecular formula is C38H45Cl2F2N3O11S. The van der Waals surface area contributed by atoms with Gasteiger partial charge in [-0.25, -0.2) is 13.2 Å². The quantitative estimate of drug-likeness (QED) is 0.0697. The first-order valence-electron chi connectivity index (χ1n) is 18.2. The third-order valence-electron chi connectivity index (χ3n) is 8.80. The van der Waals surface area contributed by atoms with Gasteiger partial charge in [0.15, 0.2) is 23.9 Å². The van der Waals surface area contributed by atoms with Crippen LogP contribution in [0.1, 0.15) is 66.8 Å². The first kappa shape index (κ1) is 44.1. The zero-order chi connectivity index (χ0) is 41.3. The molecule has 0 spiro atoms. The number of benzene rings is 2. The number of carbonyl (C=O) groups excluding carboxylic acids is 2. The van der Waals surface area contributed by atoms with Crippen molar-refractivity contribution in [1.82, 2.24) is 9.21 Å². The molecule has 5 rings (SSSR count). The number of thiol groups is 1. The van der Waals surface area contributed by atoms with Gasteiger partial charge in [0.1, 0.15) is 40.7 Å². The Balaban J connectivity index is 1.47. The van der Waals surface area contributed by atoms with Gasteiger partial charge in [-0.05, 0) is 75.4 Å². The maximum atomic E-state index is 14.0. The Kier molecular flexibility index (Phi) is 15.6. The van der Waals surface area contributed by atoms with Crippen molar-refractivity contribution >= 4 is 46.0 Å². The van der Waals surface area contributed by atoms with E-state index in [0.29, 0.717) is 30.1 Å². The van der Waals surface area contributed by atoms with E-state index in [1.807, 2.05) is 0 Å². The van der Waals surface area contributed by atoms with Crippen molar-refractivity contribution in [2.45, 2.75) is 64.9 Å². The second-order valence-corrected chi connectivity index (χ2v) is 16.4. The molecule has 0 unspecified atom stereocenters. The van der Waals surface area contributed by atoms with Crippen molar-refractivity contribution < 1.29 is 59.9 Å². The van der Waals surface area contributed by atoms with E-state index in [9.17, 15) is 32.0 Å². The highest BCUT2D eigenvalue weighted by molar-refractivity contribution is 7.69. The van der Waals surface area contributed by atoms with Crippen LogP contribution in [0.3, 0.4) is 0 Å². The summed E-state index contributed by atoms with van der Waals surface area (Å²) in [6.45, 7) is 4.53.